The highest BCUT2D eigenvalue weighted by molar-refractivity contribution is 7.13. The molecule has 2 amide bonds. The Morgan fingerprint density at radius 1 is 1.30 bits per heavy atom. The van der Waals surface area contributed by atoms with E-state index in [1.165, 1.54) is 31.1 Å². The summed E-state index contributed by atoms with van der Waals surface area (Å²) in [5.74, 6) is 1.58. The molecule has 1 aliphatic carbocycles. The van der Waals surface area contributed by atoms with Gasteiger partial charge in [0.05, 0.1) is 25.5 Å². The van der Waals surface area contributed by atoms with E-state index in [0.29, 0.717) is 24.6 Å². The summed E-state index contributed by atoms with van der Waals surface area (Å²) in [7, 11) is 1.65. The quantitative estimate of drug-likeness (QED) is 0.721. The van der Waals surface area contributed by atoms with E-state index in [-0.39, 0.29) is 23.8 Å². The molecule has 1 N–H and O–H groups in total. The number of likely N-dealkylation sites (tertiary alicyclic amines) is 1. The molecule has 160 valence electrons. The number of hydrogen-bond acceptors (Lipinski definition) is 6. The number of amides is 2. The molecule has 8 heteroatoms. The van der Waals surface area contributed by atoms with E-state index in [9.17, 15) is 9.59 Å². The molecule has 0 radical (unpaired) electrons. The van der Waals surface area contributed by atoms with Crippen LogP contribution in [0, 0.1) is 0 Å². The van der Waals surface area contributed by atoms with Crippen LogP contribution >= 0.6 is 11.3 Å². The number of benzene rings is 1. The normalized spacial score (nSPS) is 19.3. The zero-order chi connectivity index (χ0) is 21.1. The highest BCUT2D eigenvalue weighted by Crippen LogP contribution is 2.37. The maximum Gasteiger partial charge on any atom is 0.223 e. The smallest absolute Gasteiger partial charge is 0.223 e. The number of thiazole rings is 1. The molecule has 1 saturated carbocycles. The number of methoxy groups -OCH3 is 1. The third-order valence-corrected chi connectivity index (χ3v) is 6.46. The third-order valence-electron chi connectivity index (χ3n) is 5.66. The average molecular weight is 430 g/mol. The summed E-state index contributed by atoms with van der Waals surface area (Å²) in [5.41, 5.74) is 1.88. The van der Waals surface area contributed by atoms with Crippen molar-refractivity contribution in [3.8, 4) is 11.5 Å². The highest BCUT2D eigenvalue weighted by atomic mass is 32.1. The summed E-state index contributed by atoms with van der Waals surface area (Å²) < 4.78 is 11.7. The van der Waals surface area contributed by atoms with Gasteiger partial charge in [0, 0.05) is 31.2 Å². The Balaban J connectivity index is 1.44. The van der Waals surface area contributed by atoms with E-state index in [1.54, 1.807) is 7.11 Å². The van der Waals surface area contributed by atoms with Gasteiger partial charge in [0.1, 0.15) is 0 Å². The lowest BCUT2D eigenvalue weighted by molar-refractivity contribution is -0.128. The molecule has 0 unspecified atom stereocenters. The average Bonchev–Trinajstić information content (AvgIpc) is 3.45. The van der Waals surface area contributed by atoms with E-state index in [4.69, 9.17) is 9.47 Å². The molecule has 30 heavy (non-hydrogen) atoms. The number of nitrogens with zero attached hydrogens (tertiary/aromatic N) is 2. The summed E-state index contributed by atoms with van der Waals surface area (Å²) in [6.45, 7) is 2.54. The number of carbonyl (C=O) groups is 2. The molecule has 2 aliphatic rings. The minimum absolute atomic E-state index is 0.114. The number of anilines is 1. The molecule has 1 aromatic heterocycles. The summed E-state index contributed by atoms with van der Waals surface area (Å²) >= 11 is 1.37. The van der Waals surface area contributed by atoms with Crippen molar-refractivity contribution in [1.82, 2.24) is 9.88 Å². The van der Waals surface area contributed by atoms with Crippen LogP contribution in [0.2, 0.25) is 0 Å². The molecule has 2 fully saturated rings. The van der Waals surface area contributed by atoms with Gasteiger partial charge in [0.15, 0.2) is 16.6 Å². The molecular formula is C22H27N3O4S. The van der Waals surface area contributed by atoms with Gasteiger partial charge in [-0.15, -0.1) is 11.3 Å². The lowest BCUT2D eigenvalue weighted by Crippen LogP contribution is -2.24. The van der Waals surface area contributed by atoms with Gasteiger partial charge in [0.25, 0.3) is 0 Å². The molecule has 1 atom stereocenters. The standard InChI is InChI=1S/C22H27N3O4S/c1-14(26)23-22-24-17(13-30-22)12-25-11-16(10-21(25)27)15-7-8-19(28-2)20(9-15)29-18-5-3-4-6-18/h7-9,13,16,18H,3-6,10-12H2,1-2H3,(H,23,24,26)/t16-/m0/s1. The van der Waals surface area contributed by atoms with Crippen molar-refractivity contribution in [3.63, 3.8) is 0 Å². The number of ether oxygens (including phenoxy) is 2. The van der Waals surface area contributed by atoms with E-state index in [2.05, 4.69) is 10.3 Å². The van der Waals surface area contributed by atoms with Gasteiger partial charge in [-0.05, 0) is 43.4 Å². The molecule has 7 nitrogen and oxygen atoms in total. The predicted molar refractivity (Wildman–Crippen MR) is 115 cm³/mol. The molecule has 1 aromatic carbocycles. The Morgan fingerprint density at radius 2 is 2.10 bits per heavy atom. The van der Waals surface area contributed by atoms with Crippen LogP contribution in [-0.4, -0.2) is 41.5 Å². The van der Waals surface area contributed by atoms with Crippen molar-refractivity contribution in [2.45, 2.75) is 57.6 Å². The maximum atomic E-state index is 12.6. The van der Waals surface area contributed by atoms with Gasteiger partial charge in [-0.25, -0.2) is 4.98 Å². The van der Waals surface area contributed by atoms with Gasteiger partial charge >= 0.3 is 0 Å². The number of rotatable bonds is 7. The minimum Gasteiger partial charge on any atom is -0.493 e. The topological polar surface area (TPSA) is 80.8 Å². The van der Waals surface area contributed by atoms with Crippen molar-refractivity contribution in [3.05, 3.63) is 34.8 Å². The molecular weight excluding hydrogens is 402 g/mol. The van der Waals surface area contributed by atoms with Gasteiger partial charge in [-0.3, -0.25) is 9.59 Å². The number of aromatic nitrogens is 1. The second-order valence-electron chi connectivity index (χ2n) is 7.94. The van der Waals surface area contributed by atoms with Crippen LogP contribution < -0.4 is 14.8 Å². The Hall–Kier alpha value is -2.61. The van der Waals surface area contributed by atoms with E-state index in [1.807, 2.05) is 28.5 Å². The van der Waals surface area contributed by atoms with Crippen LogP contribution in [0.1, 0.15) is 56.2 Å². The van der Waals surface area contributed by atoms with Gasteiger partial charge in [0.2, 0.25) is 11.8 Å². The number of nitrogens with one attached hydrogen (secondary N) is 1. The van der Waals surface area contributed by atoms with Crippen molar-refractivity contribution in [2.24, 2.45) is 0 Å². The number of hydrogen-bond donors (Lipinski definition) is 1. The Labute approximate surface area is 180 Å². The second-order valence-corrected chi connectivity index (χ2v) is 8.79. The van der Waals surface area contributed by atoms with Crippen molar-refractivity contribution in [1.29, 1.82) is 0 Å². The fraction of sp³-hybridized carbons (Fsp3) is 0.500. The molecule has 1 aliphatic heterocycles. The fourth-order valence-corrected chi connectivity index (χ4v) is 4.90. The van der Waals surface area contributed by atoms with Crippen LogP contribution in [0.25, 0.3) is 0 Å². The van der Waals surface area contributed by atoms with Crippen LogP contribution in [0.3, 0.4) is 0 Å². The van der Waals surface area contributed by atoms with E-state index >= 15 is 0 Å². The Kier molecular flexibility index (Phi) is 6.22. The fourth-order valence-electron chi connectivity index (χ4n) is 4.16. The molecule has 0 bridgehead atoms. The Bertz CT molecular complexity index is 923. The van der Waals surface area contributed by atoms with Crippen LogP contribution in [0.15, 0.2) is 23.6 Å². The Morgan fingerprint density at radius 3 is 2.83 bits per heavy atom. The summed E-state index contributed by atoms with van der Waals surface area (Å²) in [6.07, 6.45) is 5.29. The van der Waals surface area contributed by atoms with Crippen molar-refractivity contribution >= 4 is 28.3 Å². The van der Waals surface area contributed by atoms with Gasteiger partial charge < -0.3 is 19.7 Å². The molecule has 1 saturated heterocycles. The van der Waals surface area contributed by atoms with Crippen LogP contribution in [0.5, 0.6) is 11.5 Å². The van der Waals surface area contributed by atoms with E-state index < -0.39 is 0 Å². The first-order valence-electron chi connectivity index (χ1n) is 10.4. The van der Waals surface area contributed by atoms with Gasteiger partial charge in [-0.1, -0.05) is 6.07 Å². The second kappa shape index (κ2) is 9.04. The SMILES string of the molecule is COc1ccc([C@H]2CC(=O)N(Cc3csc(NC(C)=O)n3)C2)cc1OC1CCCC1. The van der Waals surface area contributed by atoms with Crippen LogP contribution in [-0.2, 0) is 16.1 Å². The first-order valence-corrected chi connectivity index (χ1v) is 11.2. The van der Waals surface area contributed by atoms with Crippen LogP contribution in [0.4, 0.5) is 5.13 Å². The third kappa shape index (κ3) is 4.75. The maximum absolute atomic E-state index is 12.6. The monoisotopic (exact) mass is 429 g/mol. The lowest BCUT2D eigenvalue weighted by atomic mass is 9.98. The van der Waals surface area contributed by atoms with Crippen molar-refractivity contribution in [2.75, 3.05) is 19.0 Å². The first-order chi connectivity index (χ1) is 14.5. The van der Waals surface area contributed by atoms with Crippen molar-refractivity contribution < 1.29 is 19.1 Å². The summed E-state index contributed by atoms with van der Waals surface area (Å²) in [5, 5.41) is 5.12. The predicted octanol–water partition coefficient (Wildman–Crippen LogP) is 3.95. The number of carbonyl (C=O) groups excluding carboxylic acids is 2. The van der Waals surface area contributed by atoms with Gasteiger partial charge in [-0.2, -0.15) is 0 Å². The first kappa shape index (κ1) is 20.7. The molecule has 2 heterocycles. The molecule has 4 rings (SSSR count). The minimum atomic E-state index is -0.150. The molecule has 0 spiro atoms. The highest BCUT2D eigenvalue weighted by Gasteiger charge is 2.32. The lowest BCUT2D eigenvalue weighted by Gasteiger charge is -2.19. The largest absolute Gasteiger partial charge is 0.493 e. The summed E-state index contributed by atoms with van der Waals surface area (Å²) in [4.78, 5) is 30.0. The zero-order valence-corrected chi connectivity index (χ0v) is 18.2. The van der Waals surface area contributed by atoms with E-state index in [0.717, 1.165) is 35.6 Å². The summed E-state index contributed by atoms with van der Waals surface area (Å²) in [6, 6.07) is 6.00. The molecule has 2 aromatic rings. The zero-order valence-electron chi connectivity index (χ0n) is 17.3.